The van der Waals surface area contributed by atoms with Crippen LogP contribution in [0.1, 0.15) is 16.7 Å². The molecule has 9 nitrogen and oxygen atoms in total. The van der Waals surface area contributed by atoms with Gasteiger partial charge in [-0.1, -0.05) is 36.4 Å². The van der Waals surface area contributed by atoms with E-state index in [9.17, 15) is 14.4 Å². The minimum atomic E-state index is -0.485. The highest BCUT2D eigenvalue weighted by Gasteiger charge is 2.35. The van der Waals surface area contributed by atoms with E-state index in [2.05, 4.69) is 5.32 Å². The van der Waals surface area contributed by atoms with E-state index in [1.807, 2.05) is 96.3 Å². The van der Waals surface area contributed by atoms with Crippen molar-refractivity contribution in [2.24, 2.45) is 14.1 Å². The molecular weight excluding hydrogens is 520 g/mol. The average molecular weight is 549 g/mol. The van der Waals surface area contributed by atoms with Crippen LogP contribution in [0.4, 0.5) is 10.5 Å². The molecule has 0 saturated heterocycles. The molecule has 0 spiro atoms. The second-order valence-electron chi connectivity index (χ2n) is 10.0. The van der Waals surface area contributed by atoms with Gasteiger partial charge in [0.05, 0.1) is 29.3 Å². The van der Waals surface area contributed by atoms with Crippen LogP contribution in [0.25, 0.3) is 33.0 Å². The minimum Gasteiger partial charge on any atom is -0.497 e. The molecule has 3 amide bonds. The largest absolute Gasteiger partial charge is 0.497 e. The molecule has 0 saturated carbocycles. The number of carbonyl (C=O) groups excluding carboxylic acids is 3. The number of nitrogens with one attached hydrogen (secondary N) is 1. The Morgan fingerprint density at radius 1 is 0.829 bits per heavy atom. The Kier molecular flexibility index (Phi) is 6.34. The SMILES string of the molecule is COc1ccc2c(C3=C(c4cn(C)c5cc(N(C)C(=O)OCc6ccccc6)ccc45)C(=O)NC3=O)cn(C)c2c1. The Bertz CT molecular complexity index is 1900. The molecular formula is C32H28N4O5. The van der Waals surface area contributed by atoms with Crippen LogP contribution in [0.3, 0.4) is 0 Å². The normalized spacial score (nSPS) is 13.3. The van der Waals surface area contributed by atoms with Gasteiger partial charge in [0.25, 0.3) is 11.8 Å². The predicted molar refractivity (Wildman–Crippen MR) is 157 cm³/mol. The number of fused-ring (bicyclic) bond motifs is 2. The van der Waals surface area contributed by atoms with Crippen molar-refractivity contribution in [2.75, 3.05) is 19.1 Å². The first kappa shape index (κ1) is 25.9. The molecule has 3 aromatic carbocycles. The molecule has 0 fully saturated rings. The summed E-state index contributed by atoms with van der Waals surface area (Å²) < 4.78 is 14.7. The smallest absolute Gasteiger partial charge is 0.414 e. The fourth-order valence-electron chi connectivity index (χ4n) is 5.36. The molecule has 6 rings (SSSR count). The number of aromatic nitrogens is 2. The number of benzene rings is 3. The van der Waals surface area contributed by atoms with Gasteiger partial charge in [-0.05, 0) is 29.8 Å². The molecule has 0 bridgehead atoms. The highest BCUT2D eigenvalue weighted by molar-refractivity contribution is 6.50. The topological polar surface area (TPSA) is 94.8 Å². The van der Waals surface area contributed by atoms with Crippen LogP contribution in [0.15, 0.2) is 79.1 Å². The second-order valence-corrected chi connectivity index (χ2v) is 10.0. The van der Waals surface area contributed by atoms with E-state index in [4.69, 9.17) is 9.47 Å². The van der Waals surface area contributed by atoms with Crippen LogP contribution < -0.4 is 15.0 Å². The summed E-state index contributed by atoms with van der Waals surface area (Å²) >= 11 is 0. The van der Waals surface area contributed by atoms with E-state index < -0.39 is 17.9 Å². The summed E-state index contributed by atoms with van der Waals surface area (Å²) in [6.07, 6.45) is 3.21. The molecule has 3 heterocycles. The van der Waals surface area contributed by atoms with Crippen molar-refractivity contribution in [1.29, 1.82) is 0 Å². The lowest BCUT2D eigenvalue weighted by Gasteiger charge is -2.17. The number of hydrogen-bond acceptors (Lipinski definition) is 5. The van der Waals surface area contributed by atoms with Crippen molar-refractivity contribution in [3.05, 3.63) is 95.8 Å². The summed E-state index contributed by atoms with van der Waals surface area (Å²) in [6.45, 7) is 0.168. The molecule has 5 aromatic rings. The first-order chi connectivity index (χ1) is 19.8. The number of nitrogens with zero attached hydrogens (tertiary/aromatic N) is 3. The fraction of sp³-hybridized carbons (Fsp3) is 0.156. The number of rotatable bonds is 6. The Balaban J connectivity index is 1.40. The number of imide groups is 1. The number of anilines is 1. The van der Waals surface area contributed by atoms with Gasteiger partial charge in [-0.2, -0.15) is 0 Å². The van der Waals surface area contributed by atoms with E-state index in [-0.39, 0.29) is 6.61 Å². The van der Waals surface area contributed by atoms with Crippen molar-refractivity contribution in [2.45, 2.75) is 6.61 Å². The van der Waals surface area contributed by atoms with Crippen LogP contribution in [-0.4, -0.2) is 41.2 Å². The van der Waals surface area contributed by atoms with Gasteiger partial charge in [0, 0.05) is 67.2 Å². The summed E-state index contributed by atoms with van der Waals surface area (Å²) in [5, 5.41) is 4.11. The van der Waals surface area contributed by atoms with E-state index in [0.717, 1.165) is 27.4 Å². The Morgan fingerprint density at radius 2 is 1.41 bits per heavy atom. The maximum Gasteiger partial charge on any atom is 0.414 e. The summed E-state index contributed by atoms with van der Waals surface area (Å²) in [7, 11) is 7.01. The molecule has 1 aliphatic rings. The summed E-state index contributed by atoms with van der Waals surface area (Å²) in [5.74, 6) is -0.193. The van der Waals surface area contributed by atoms with Crippen LogP contribution in [0, 0.1) is 0 Å². The molecule has 206 valence electrons. The lowest BCUT2D eigenvalue weighted by Crippen LogP contribution is -2.26. The van der Waals surface area contributed by atoms with Gasteiger partial charge in [0.2, 0.25) is 0 Å². The number of carbonyl (C=O) groups is 3. The first-order valence-corrected chi connectivity index (χ1v) is 13.0. The molecule has 0 unspecified atom stereocenters. The quantitative estimate of drug-likeness (QED) is 0.301. The van der Waals surface area contributed by atoms with Crippen LogP contribution in [0.5, 0.6) is 5.75 Å². The number of hydrogen-bond donors (Lipinski definition) is 1. The Labute approximate surface area is 236 Å². The van der Waals surface area contributed by atoms with Gasteiger partial charge in [-0.25, -0.2) is 4.79 Å². The molecule has 1 aliphatic heterocycles. The van der Waals surface area contributed by atoms with Gasteiger partial charge >= 0.3 is 6.09 Å². The molecule has 0 radical (unpaired) electrons. The first-order valence-electron chi connectivity index (χ1n) is 13.0. The zero-order valence-corrected chi connectivity index (χ0v) is 23.1. The summed E-state index contributed by atoms with van der Waals surface area (Å²) in [5.41, 5.74) is 5.13. The third-order valence-corrected chi connectivity index (χ3v) is 7.51. The third-order valence-electron chi connectivity index (χ3n) is 7.51. The lowest BCUT2D eigenvalue weighted by molar-refractivity contribution is -0.122. The fourth-order valence-corrected chi connectivity index (χ4v) is 5.36. The maximum atomic E-state index is 13.2. The highest BCUT2D eigenvalue weighted by Crippen LogP contribution is 2.39. The molecule has 2 aromatic heterocycles. The lowest BCUT2D eigenvalue weighted by atomic mass is 9.95. The van der Waals surface area contributed by atoms with E-state index in [1.54, 1.807) is 20.2 Å². The monoisotopic (exact) mass is 548 g/mol. The standard InChI is InChI=1S/C32H28N4O5/c1-34-16-24(22-12-10-20(14-26(22)34)36(3)32(39)41-18-19-8-6-5-7-9-19)28-29(31(38)33-30(28)37)25-17-35(2)27-15-21(40-4)11-13-23(25)27/h5-17H,18H2,1-4H3,(H,33,37,38). The summed E-state index contributed by atoms with van der Waals surface area (Å²) in [6, 6.07) is 20.6. The van der Waals surface area contributed by atoms with Gasteiger partial charge in [0.1, 0.15) is 12.4 Å². The van der Waals surface area contributed by atoms with Gasteiger partial charge < -0.3 is 18.6 Å². The van der Waals surface area contributed by atoms with Crippen LogP contribution in [0.2, 0.25) is 0 Å². The molecule has 41 heavy (non-hydrogen) atoms. The minimum absolute atomic E-state index is 0.168. The molecule has 1 N–H and O–H groups in total. The van der Waals surface area contributed by atoms with Crippen LogP contribution in [-0.2, 0) is 35.0 Å². The van der Waals surface area contributed by atoms with Crippen LogP contribution >= 0.6 is 0 Å². The Hall–Kier alpha value is -5.31. The summed E-state index contributed by atoms with van der Waals surface area (Å²) in [4.78, 5) is 40.6. The van der Waals surface area contributed by atoms with Crippen molar-refractivity contribution >= 4 is 56.5 Å². The number of amides is 3. The Morgan fingerprint density at radius 3 is 2.02 bits per heavy atom. The number of methoxy groups -OCH3 is 1. The zero-order chi connectivity index (χ0) is 28.8. The molecule has 9 heteroatoms. The van der Waals surface area contributed by atoms with E-state index in [0.29, 0.717) is 33.7 Å². The molecule has 0 aliphatic carbocycles. The maximum absolute atomic E-state index is 13.2. The second kappa shape index (κ2) is 10.0. The van der Waals surface area contributed by atoms with Gasteiger partial charge in [0.15, 0.2) is 0 Å². The van der Waals surface area contributed by atoms with Crippen molar-refractivity contribution in [1.82, 2.24) is 14.5 Å². The highest BCUT2D eigenvalue weighted by atomic mass is 16.6. The number of aryl methyl sites for hydroxylation is 2. The van der Waals surface area contributed by atoms with Crippen molar-refractivity contribution in [3.63, 3.8) is 0 Å². The van der Waals surface area contributed by atoms with E-state index in [1.165, 1.54) is 4.90 Å². The number of ether oxygens (including phenoxy) is 2. The average Bonchev–Trinajstić information content (AvgIpc) is 3.59. The van der Waals surface area contributed by atoms with Crippen molar-refractivity contribution in [3.8, 4) is 5.75 Å². The third kappa shape index (κ3) is 4.41. The predicted octanol–water partition coefficient (Wildman–Crippen LogP) is 5.02. The van der Waals surface area contributed by atoms with E-state index >= 15 is 0 Å². The van der Waals surface area contributed by atoms with Crippen molar-refractivity contribution < 1.29 is 23.9 Å². The molecule has 0 atom stereocenters. The zero-order valence-electron chi connectivity index (χ0n) is 23.1. The van der Waals surface area contributed by atoms with Gasteiger partial charge in [-0.3, -0.25) is 19.8 Å². The van der Waals surface area contributed by atoms with Gasteiger partial charge in [-0.15, -0.1) is 0 Å².